The van der Waals surface area contributed by atoms with Gasteiger partial charge in [0.15, 0.2) is 0 Å². The quantitative estimate of drug-likeness (QED) is 0.759. The molecule has 0 unspecified atom stereocenters. The maximum Gasteiger partial charge on any atom is 0.407 e. The number of hydrogen-bond donors (Lipinski definition) is 1. The zero-order valence-electron chi connectivity index (χ0n) is 15.0. The Morgan fingerprint density at radius 1 is 1.22 bits per heavy atom. The van der Waals surface area contributed by atoms with Gasteiger partial charge in [-0.3, -0.25) is 9.69 Å². The number of esters is 1. The molecule has 1 aliphatic rings. The van der Waals surface area contributed by atoms with E-state index >= 15 is 0 Å². The van der Waals surface area contributed by atoms with Crippen LogP contribution in [0.5, 0.6) is 0 Å². The highest BCUT2D eigenvalue weighted by molar-refractivity contribution is 5.76. The molecule has 0 spiro atoms. The minimum absolute atomic E-state index is 0.0205. The SMILES string of the molecule is CCOC(=O)[C@@H]1C[C@H](NC(=O)OCc2ccccc2)CCN1CC(F)(F)F. The fourth-order valence-electron chi connectivity index (χ4n) is 2.98. The Morgan fingerprint density at radius 2 is 1.93 bits per heavy atom. The Morgan fingerprint density at radius 3 is 2.56 bits per heavy atom. The van der Waals surface area contributed by atoms with E-state index in [2.05, 4.69) is 5.32 Å². The molecule has 6 nitrogen and oxygen atoms in total. The molecule has 9 heteroatoms. The van der Waals surface area contributed by atoms with Gasteiger partial charge in [0.2, 0.25) is 0 Å². The molecule has 1 aromatic rings. The molecule has 0 bridgehead atoms. The normalized spacial score (nSPS) is 20.7. The zero-order valence-corrected chi connectivity index (χ0v) is 15.0. The highest BCUT2D eigenvalue weighted by atomic mass is 19.4. The molecule has 2 rings (SSSR count). The summed E-state index contributed by atoms with van der Waals surface area (Å²) in [5.74, 6) is -0.717. The van der Waals surface area contributed by atoms with E-state index in [1.54, 1.807) is 19.1 Å². The first-order valence-corrected chi connectivity index (χ1v) is 8.73. The van der Waals surface area contributed by atoms with Crippen LogP contribution in [0.25, 0.3) is 0 Å². The largest absolute Gasteiger partial charge is 0.465 e. The molecule has 0 aromatic heterocycles. The molecule has 0 aliphatic carbocycles. The van der Waals surface area contributed by atoms with E-state index in [0.29, 0.717) is 0 Å². The van der Waals surface area contributed by atoms with Crippen molar-refractivity contribution in [3.63, 3.8) is 0 Å². The van der Waals surface area contributed by atoms with Crippen molar-refractivity contribution in [2.24, 2.45) is 0 Å². The van der Waals surface area contributed by atoms with Crippen molar-refractivity contribution in [2.45, 2.75) is 44.6 Å². The van der Waals surface area contributed by atoms with Crippen LogP contribution in [0.15, 0.2) is 30.3 Å². The molecule has 1 saturated heterocycles. The van der Waals surface area contributed by atoms with Crippen molar-refractivity contribution in [3.05, 3.63) is 35.9 Å². The van der Waals surface area contributed by atoms with Crippen LogP contribution >= 0.6 is 0 Å². The van der Waals surface area contributed by atoms with Crippen LogP contribution < -0.4 is 5.32 Å². The van der Waals surface area contributed by atoms with Gasteiger partial charge in [-0.2, -0.15) is 13.2 Å². The van der Waals surface area contributed by atoms with E-state index in [-0.39, 0.29) is 32.6 Å². The van der Waals surface area contributed by atoms with E-state index in [1.807, 2.05) is 18.2 Å². The Hall–Kier alpha value is -2.29. The van der Waals surface area contributed by atoms with Gasteiger partial charge in [0.1, 0.15) is 12.6 Å². The highest BCUT2D eigenvalue weighted by Crippen LogP contribution is 2.25. The van der Waals surface area contributed by atoms with Crippen LogP contribution in [-0.4, -0.2) is 54.9 Å². The summed E-state index contributed by atoms with van der Waals surface area (Å²) in [6.45, 7) is 0.576. The fourth-order valence-corrected chi connectivity index (χ4v) is 2.98. The number of carbonyl (C=O) groups excluding carboxylic acids is 2. The average molecular weight is 388 g/mol. The molecular weight excluding hydrogens is 365 g/mol. The lowest BCUT2D eigenvalue weighted by molar-refractivity contribution is -0.168. The van der Waals surface area contributed by atoms with Gasteiger partial charge in [0, 0.05) is 12.6 Å². The second-order valence-electron chi connectivity index (χ2n) is 6.28. The number of benzene rings is 1. The third-order valence-corrected chi connectivity index (χ3v) is 4.19. The summed E-state index contributed by atoms with van der Waals surface area (Å²) >= 11 is 0. The number of halogens is 3. The summed E-state index contributed by atoms with van der Waals surface area (Å²) in [4.78, 5) is 25.1. The number of likely N-dealkylation sites (tertiary alicyclic amines) is 1. The summed E-state index contributed by atoms with van der Waals surface area (Å²) in [6.07, 6.45) is -4.77. The van der Waals surface area contributed by atoms with Gasteiger partial charge in [0.05, 0.1) is 13.2 Å². The van der Waals surface area contributed by atoms with Gasteiger partial charge in [-0.25, -0.2) is 4.79 Å². The van der Waals surface area contributed by atoms with Crippen LogP contribution in [0.3, 0.4) is 0 Å². The smallest absolute Gasteiger partial charge is 0.407 e. The summed E-state index contributed by atoms with van der Waals surface area (Å²) < 4.78 is 48.3. The van der Waals surface area contributed by atoms with Crippen molar-refractivity contribution >= 4 is 12.1 Å². The predicted octanol–water partition coefficient (Wildman–Crippen LogP) is 2.87. The van der Waals surface area contributed by atoms with Gasteiger partial charge in [-0.1, -0.05) is 30.3 Å². The van der Waals surface area contributed by atoms with E-state index in [1.165, 1.54) is 0 Å². The highest BCUT2D eigenvalue weighted by Gasteiger charge is 2.41. The molecule has 2 atom stereocenters. The summed E-state index contributed by atoms with van der Waals surface area (Å²) in [7, 11) is 0. The lowest BCUT2D eigenvalue weighted by atomic mass is 9.97. The van der Waals surface area contributed by atoms with Crippen LogP contribution in [0.1, 0.15) is 25.3 Å². The van der Waals surface area contributed by atoms with Gasteiger partial charge in [0.25, 0.3) is 0 Å². The first-order chi connectivity index (χ1) is 12.8. The number of carbonyl (C=O) groups is 2. The topological polar surface area (TPSA) is 67.9 Å². The second-order valence-corrected chi connectivity index (χ2v) is 6.28. The van der Waals surface area contributed by atoms with Crippen molar-refractivity contribution < 1.29 is 32.2 Å². The molecule has 27 heavy (non-hydrogen) atoms. The number of amides is 1. The third-order valence-electron chi connectivity index (χ3n) is 4.19. The maximum absolute atomic E-state index is 12.7. The van der Waals surface area contributed by atoms with E-state index in [9.17, 15) is 22.8 Å². The minimum Gasteiger partial charge on any atom is -0.465 e. The van der Waals surface area contributed by atoms with Crippen LogP contribution in [-0.2, 0) is 20.9 Å². The lowest BCUT2D eigenvalue weighted by Crippen LogP contribution is -2.55. The van der Waals surface area contributed by atoms with E-state index in [0.717, 1.165) is 10.5 Å². The number of nitrogens with one attached hydrogen (secondary N) is 1. The third kappa shape index (κ3) is 7.09. The van der Waals surface area contributed by atoms with Crippen molar-refractivity contribution in [1.29, 1.82) is 0 Å². The first-order valence-electron chi connectivity index (χ1n) is 8.73. The lowest BCUT2D eigenvalue weighted by Gasteiger charge is -2.38. The summed E-state index contributed by atoms with van der Waals surface area (Å²) in [6, 6.07) is 7.56. The number of ether oxygens (including phenoxy) is 2. The molecule has 1 aromatic carbocycles. The van der Waals surface area contributed by atoms with Gasteiger partial charge in [-0.15, -0.1) is 0 Å². The summed E-state index contributed by atoms with van der Waals surface area (Å²) in [5.41, 5.74) is 0.817. The van der Waals surface area contributed by atoms with Crippen LogP contribution in [0, 0.1) is 0 Å². The van der Waals surface area contributed by atoms with Crippen LogP contribution in [0.4, 0.5) is 18.0 Å². The standard InChI is InChI=1S/C18H23F3N2O4/c1-2-26-16(24)15-10-14(8-9-23(15)12-18(19,20)21)22-17(25)27-11-13-6-4-3-5-7-13/h3-7,14-15H,2,8-12H2,1H3,(H,22,25)/t14-,15+/m1/s1. The van der Waals surface area contributed by atoms with Crippen molar-refractivity contribution in [1.82, 2.24) is 10.2 Å². The molecule has 1 amide bonds. The molecule has 1 heterocycles. The van der Waals surface area contributed by atoms with Gasteiger partial charge >= 0.3 is 18.2 Å². The number of rotatable bonds is 6. The molecule has 0 saturated carbocycles. The molecule has 1 N–H and O–H groups in total. The van der Waals surface area contributed by atoms with E-state index < -0.39 is 36.9 Å². The van der Waals surface area contributed by atoms with Gasteiger partial charge < -0.3 is 14.8 Å². The van der Waals surface area contributed by atoms with E-state index in [4.69, 9.17) is 9.47 Å². The first kappa shape index (κ1) is 21.0. The van der Waals surface area contributed by atoms with Crippen molar-refractivity contribution in [3.8, 4) is 0 Å². The Balaban J connectivity index is 1.90. The zero-order chi connectivity index (χ0) is 19.9. The Kier molecular flexibility index (Phi) is 7.46. The molecule has 1 aliphatic heterocycles. The predicted molar refractivity (Wildman–Crippen MR) is 90.8 cm³/mol. The minimum atomic E-state index is -4.42. The number of hydrogen-bond acceptors (Lipinski definition) is 5. The molecular formula is C18H23F3N2O4. The van der Waals surface area contributed by atoms with Crippen molar-refractivity contribution in [2.75, 3.05) is 19.7 Å². The number of piperidine rings is 1. The Labute approximate surface area is 155 Å². The average Bonchev–Trinajstić information content (AvgIpc) is 2.61. The monoisotopic (exact) mass is 388 g/mol. The Bertz CT molecular complexity index is 625. The maximum atomic E-state index is 12.7. The number of nitrogens with zero attached hydrogens (tertiary/aromatic N) is 1. The number of alkyl halides is 3. The molecule has 0 radical (unpaired) electrons. The van der Waals surface area contributed by atoms with Gasteiger partial charge in [-0.05, 0) is 25.3 Å². The fraction of sp³-hybridized carbons (Fsp3) is 0.556. The second kappa shape index (κ2) is 9.59. The molecule has 150 valence electrons. The molecule has 1 fully saturated rings. The summed E-state index contributed by atoms with van der Waals surface area (Å²) in [5, 5.41) is 2.62. The number of alkyl carbamates (subject to hydrolysis) is 1. The van der Waals surface area contributed by atoms with Crippen LogP contribution in [0.2, 0.25) is 0 Å².